The molecule has 792 valence electrons. The summed E-state index contributed by atoms with van der Waals surface area (Å²) in [6.45, 7) is 22.5. The van der Waals surface area contributed by atoms with Crippen LogP contribution in [0.2, 0.25) is 82.1 Å². The Morgan fingerprint density at radius 1 is 0.469 bits per heavy atom. The Kier molecular flexibility index (Phi) is 40.9. The summed E-state index contributed by atoms with van der Waals surface area (Å²) in [5, 5.41) is 74.8. The number of nitrogens with one attached hydrogen (secondary N) is 5. The first-order valence-electron chi connectivity index (χ1n) is 48.4. The molecule has 3 aliphatic heterocycles. The van der Waals surface area contributed by atoms with Crippen LogP contribution in [0, 0.1) is 34.9 Å². The molecule has 8 aromatic heterocycles. The molecule has 4 aliphatic carbocycles. The van der Waals surface area contributed by atoms with Gasteiger partial charge in [-0.3, -0.25) is 14.7 Å². The number of fused-ring (bicyclic) bond motifs is 4. The van der Waals surface area contributed by atoms with E-state index in [4.69, 9.17) is 46.1 Å². The van der Waals surface area contributed by atoms with Crippen LogP contribution in [0.4, 0.5) is 56.6 Å². The molecule has 3 saturated heterocycles. The molecule has 0 unspecified atom stereocenters. The number of carbonyl (C=O) groups is 4. The summed E-state index contributed by atoms with van der Waals surface area (Å²) in [5.74, 6) is -5.96. The van der Waals surface area contributed by atoms with Gasteiger partial charge in [0.1, 0.15) is 79.3 Å². The van der Waals surface area contributed by atoms with E-state index in [1.165, 1.54) is 33.4 Å². The van der Waals surface area contributed by atoms with Gasteiger partial charge < -0.3 is 80.9 Å². The van der Waals surface area contributed by atoms with Crippen LogP contribution < -0.4 is 27.0 Å². The number of rotatable bonds is 28. The number of halogens is 11. The lowest BCUT2D eigenvalue weighted by atomic mass is 10.0. The number of methoxy groups -OCH3 is 2. The molecule has 4 saturated carbocycles. The van der Waals surface area contributed by atoms with E-state index < -0.39 is 138 Å². The number of aromatic nitrogens is 12. The number of pyridine rings is 4. The van der Waals surface area contributed by atoms with Gasteiger partial charge in [0.05, 0.1) is 109 Å². The highest BCUT2D eigenvalue weighted by Gasteiger charge is 2.44. The number of hydrogen-bond donors (Lipinski definition) is 10. The number of carbonyl (C=O) groups excluding carboxylic acids is 4. The summed E-state index contributed by atoms with van der Waals surface area (Å²) in [7, 11) is -1.01. The van der Waals surface area contributed by atoms with E-state index in [1.54, 1.807) is 53.7 Å². The van der Waals surface area contributed by atoms with Crippen molar-refractivity contribution in [1.82, 2.24) is 74.6 Å². The summed E-state index contributed by atoms with van der Waals surface area (Å²) in [6, 6.07) is 16.4. The van der Waals surface area contributed by atoms with Crippen LogP contribution in [-0.4, -0.2) is 258 Å². The second kappa shape index (κ2) is 51.5. The second-order valence-electron chi connectivity index (χ2n) is 40.6. The van der Waals surface area contributed by atoms with Gasteiger partial charge in [-0.15, -0.1) is 12.4 Å². The van der Waals surface area contributed by atoms with Crippen LogP contribution in [0.3, 0.4) is 0 Å². The minimum atomic E-state index is -1.40. The maximum absolute atomic E-state index is 14.7. The smallest absolute Gasteiger partial charge is 0.359 e. The number of nitrogens with two attached hydrogens (primary N) is 1. The number of aromatic amines is 1. The molecule has 7 aliphatic rings. The zero-order chi connectivity index (χ0) is 103. The number of anilines is 3. The molecule has 0 bridgehead atoms. The summed E-state index contributed by atoms with van der Waals surface area (Å²) < 4.78 is 157. The fourth-order valence-corrected chi connectivity index (χ4v) is 20.7. The number of hydrogen-bond acceptors (Lipinski definition) is 26. The van der Waals surface area contributed by atoms with Crippen molar-refractivity contribution in [2.24, 2.45) is 5.73 Å². The number of alkyl halides is 3. The Hall–Kier alpha value is -10.3. The van der Waals surface area contributed by atoms with Crippen LogP contribution >= 0.6 is 24.0 Å². The van der Waals surface area contributed by atoms with Crippen molar-refractivity contribution in [3.8, 4) is 0 Å². The lowest BCUT2D eigenvalue weighted by molar-refractivity contribution is 0.0576. The Morgan fingerprint density at radius 2 is 0.841 bits per heavy atom. The van der Waals surface area contributed by atoms with Gasteiger partial charge in [0.15, 0.2) is 39.7 Å². The average molecular weight is 2120 g/mol. The number of ether oxygens (including phenoxy) is 5. The van der Waals surface area contributed by atoms with Gasteiger partial charge >= 0.3 is 11.9 Å². The zero-order valence-corrected chi connectivity index (χ0v) is 87.1. The van der Waals surface area contributed by atoms with E-state index in [0.717, 1.165) is 143 Å². The highest BCUT2D eigenvalue weighted by atomic mass is 35.5. The SMILES string of the molecule is C.COC(=O)c1nn(COCC[Si](C)(C)C)c2nccc(Cl)c12.COC(=O)c1nn(COCC[Si](C)(C)C)c2nccc(N[C@@H]3CCC[C@H]3O)c12.C[Si](C)(C)CCOCn1nc(C(=O)N2C[C@@H](F)C[C@@H]2c2cc(F)ccc2F)c2c(N[C@@H]3CCC[C@H]3O)ccnc21.Cl.Fc1ccc(F)c([C@H]2C[C@H](F)CN2)c1.N[C@@H]1CCC[C@H]1O.O=C(c1[nH]nc2nccc(N[C@@H]3CCC[C@H]3O)c12)N1C[C@@H](F)C[C@@H]1c1cc(F)ccc1F. The Balaban J connectivity index is 0.000000174. The molecule has 11 N–H and O–H groups in total. The van der Waals surface area contributed by atoms with E-state index in [0.29, 0.717) is 87.5 Å². The number of benzene rings is 3. The molecule has 46 heteroatoms. The fourth-order valence-electron chi connectivity index (χ4n) is 18.2. The number of likely N-dealkylation sites (tertiary alicyclic amines) is 2. The Morgan fingerprint density at radius 3 is 1.23 bits per heavy atom. The molecule has 145 heavy (non-hydrogen) atoms. The van der Waals surface area contributed by atoms with Crippen LogP contribution in [-0.2, 0) is 43.9 Å². The first-order valence-corrected chi connectivity index (χ1v) is 59.9. The van der Waals surface area contributed by atoms with Gasteiger partial charge in [-0.2, -0.15) is 20.4 Å². The van der Waals surface area contributed by atoms with Crippen molar-refractivity contribution in [3.63, 3.8) is 0 Å². The standard InChI is InChI=1S/C28H36F3N5O3Si.C22H22F3N5O2.C19H30N4O4Si.C14H20ClN3O3Si.C10H10F3N.C5H11NO.CH4.ClH/c1-40(2,3)12-11-39-16-36-27-25(22(9-10-32-27)33-21-5-4-6-24(21)37)26(34-36)28(38)35-15-18(30)14-23(35)19-13-17(29)7-8-20(19)31;23-11-4-5-14(25)13(8-11)17-9-12(24)10-30(17)22(32)20-19-16(6-7-26-21(19)29-28-20)27-15-2-1-3-18(15)31;1-26-19(25)17-16-14(21-13-6-5-7-15(13)24)8-9-20-18(16)23(22-17)12-27-10-11-28(2,3)4;1-20-14(19)12-11-10(15)5-6-16-13(11)18(17-12)9-21-7-8-22(2,3)4;11-6-1-2-9(13)8(3-6)10-4-7(12)5-14-10;6-4-2-1-3-5(4)7;;/h7-10,13,18,21,23-24,37H,4-6,11-12,14-16H2,1-3H3,(H,32,33);4-8,12,15,17-18,31H,1-3,9-10H2,(H2,26,27,28,29);8-9,13,15,24H,5-7,10-12H2,1-4H3,(H,20,21);5-6H,7-9H2,1-4H3;1-3,7,10,14H,4-5H2;4-5,7H,1-3,6H2;1H4;1H/t18-,21+,23+,24+;12-,15+,17+,18+;13-,15-;;7-,10+;4-,5-;;/m001.01../s1. The maximum atomic E-state index is 14.7. The van der Waals surface area contributed by atoms with Crippen LogP contribution in [0.5, 0.6) is 0 Å². The quantitative estimate of drug-likeness (QED) is 0.00942. The van der Waals surface area contributed by atoms with Crippen molar-refractivity contribution in [3.05, 3.63) is 183 Å². The largest absolute Gasteiger partial charge is 0.464 e. The molecule has 32 nitrogen and oxygen atoms in total. The van der Waals surface area contributed by atoms with Gasteiger partial charge in [0, 0.05) is 134 Å². The van der Waals surface area contributed by atoms with E-state index in [-0.39, 0.29) is 154 Å². The molecule has 18 rings (SSSR count). The molecule has 3 aromatic carbocycles. The Bertz CT molecular complexity index is 6200. The number of aliphatic hydroxyl groups excluding tert-OH is 4. The molecular weight excluding hydrogens is 1990 g/mol. The average Bonchev–Trinajstić information content (AvgIpc) is 1.73. The first-order chi connectivity index (χ1) is 68.0. The number of nitrogens with zero attached hydrogens (tertiary/aromatic N) is 13. The van der Waals surface area contributed by atoms with Gasteiger partial charge in [-0.25, -0.2) is 83.1 Å². The highest BCUT2D eigenvalue weighted by Crippen LogP contribution is 2.43. The van der Waals surface area contributed by atoms with Gasteiger partial charge in [-0.1, -0.05) is 78.0 Å². The van der Waals surface area contributed by atoms with E-state index in [9.17, 15) is 74.0 Å². The predicted molar refractivity (Wildman–Crippen MR) is 546 cm³/mol. The molecule has 7 fully saturated rings. The molecule has 2 amide bonds. The monoisotopic (exact) mass is 2120 g/mol. The maximum Gasteiger partial charge on any atom is 0.359 e. The number of aliphatic hydroxyl groups is 4. The van der Waals surface area contributed by atoms with Gasteiger partial charge in [0.2, 0.25) is 0 Å². The van der Waals surface area contributed by atoms with Crippen molar-refractivity contribution in [1.29, 1.82) is 0 Å². The lowest BCUT2D eigenvalue weighted by Gasteiger charge is -2.25. The Labute approximate surface area is 850 Å². The number of amides is 2. The predicted octanol–water partition coefficient (Wildman–Crippen LogP) is 18.1. The van der Waals surface area contributed by atoms with Crippen molar-refractivity contribution < 1.29 is 103 Å². The fraction of sp³-hybridized carbons (Fsp3) is 0.535. The minimum Gasteiger partial charge on any atom is -0.464 e. The third kappa shape index (κ3) is 29.8. The molecule has 14 atom stereocenters. The molecule has 0 radical (unpaired) electrons. The summed E-state index contributed by atoms with van der Waals surface area (Å²) in [6.07, 6.45) is 11.2. The van der Waals surface area contributed by atoms with E-state index in [2.05, 4.69) is 126 Å². The lowest BCUT2D eigenvalue weighted by Crippen LogP contribution is -2.32. The third-order valence-electron chi connectivity index (χ3n) is 26.2. The van der Waals surface area contributed by atoms with Gasteiger partial charge in [0.25, 0.3) is 11.8 Å². The molecule has 0 spiro atoms. The summed E-state index contributed by atoms with van der Waals surface area (Å²) >= 11 is 6.16. The topological polar surface area (TPSA) is 410 Å². The summed E-state index contributed by atoms with van der Waals surface area (Å²) in [5.41, 5.74) is 9.60. The van der Waals surface area contributed by atoms with E-state index in [1.807, 2.05) is 0 Å². The highest BCUT2D eigenvalue weighted by molar-refractivity contribution is 6.76. The van der Waals surface area contributed by atoms with Crippen molar-refractivity contribution >= 4 is 133 Å². The molecule has 11 heterocycles. The van der Waals surface area contributed by atoms with Gasteiger partial charge in [-0.05, 0) is 180 Å². The summed E-state index contributed by atoms with van der Waals surface area (Å²) in [4.78, 5) is 71.4. The van der Waals surface area contributed by atoms with Crippen LogP contribution in [0.15, 0.2) is 104 Å². The number of H-pyrrole nitrogens is 1. The van der Waals surface area contributed by atoms with Crippen molar-refractivity contribution in [2.45, 2.75) is 286 Å². The first kappa shape index (κ1) is 115. The second-order valence-corrected chi connectivity index (χ2v) is 57.9. The van der Waals surface area contributed by atoms with Crippen LogP contribution in [0.1, 0.15) is 181 Å². The minimum absolute atomic E-state index is 0. The van der Waals surface area contributed by atoms with Crippen LogP contribution in [0.25, 0.3) is 44.1 Å². The normalized spacial score (nSPS) is 22.3. The molecule has 11 aromatic rings. The number of esters is 2. The zero-order valence-electron chi connectivity index (χ0n) is 82.5. The van der Waals surface area contributed by atoms with E-state index >= 15 is 0 Å². The van der Waals surface area contributed by atoms with Crippen molar-refractivity contribution in [2.75, 3.05) is 69.6 Å². The third-order valence-corrected chi connectivity index (χ3v) is 31.6. The molecular formula is C99H134Cl2F9N19O13Si3.